The first kappa shape index (κ1) is 17.0. The second-order valence-corrected chi connectivity index (χ2v) is 7.32. The van der Waals surface area contributed by atoms with Crippen LogP contribution in [0.1, 0.15) is 57.6 Å². The average molecular weight is 353 g/mol. The molecule has 0 amide bonds. The van der Waals surface area contributed by atoms with E-state index in [9.17, 15) is 0 Å². The number of nitrogens with zero attached hydrogens (tertiary/aromatic N) is 1. The van der Waals surface area contributed by atoms with Crippen molar-refractivity contribution in [3.05, 3.63) is 33.8 Å². The molecule has 0 saturated heterocycles. The minimum atomic E-state index is 0.529. The summed E-state index contributed by atoms with van der Waals surface area (Å²) < 4.78 is 1.25. The maximum absolute atomic E-state index is 3.77. The van der Waals surface area contributed by atoms with E-state index in [1.165, 1.54) is 41.3 Å². The molecule has 21 heavy (non-hydrogen) atoms. The minimum Gasteiger partial charge on any atom is -0.310 e. The first-order chi connectivity index (χ1) is 10.1. The summed E-state index contributed by atoms with van der Waals surface area (Å²) in [5, 5.41) is 3.47. The van der Waals surface area contributed by atoms with Gasteiger partial charge in [-0.1, -0.05) is 61.7 Å². The van der Waals surface area contributed by atoms with E-state index >= 15 is 0 Å². The molecule has 1 saturated carbocycles. The summed E-state index contributed by atoms with van der Waals surface area (Å²) >= 11 is 3.77. The molecule has 118 valence electrons. The highest BCUT2D eigenvalue weighted by Gasteiger charge is 2.21. The van der Waals surface area contributed by atoms with Gasteiger partial charge in [-0.3, -0.25) is 4.90 Å². The van der Waals surface area contributed by atoms with Crippen molar-refractivity contribution in [2.75, 3.05) is 6.54 Å². The summed E-state index contributed by atoms with van der Waals surface area (Å²) in [7, 11) is 0. The van der Waals surface area contributed by atoms with Crippen LogP contribution < -0.4 is 5.32 Å². The Bertz CT molecular complexity index is 439. The molecule has 0 atom stereocenters. The molecule has 0 heterocycles. The highest BCUT2D eigenvalue weighted by Crippen LogP contribution is 2.27. The van der Waals surface area contributed by atoms with E-state index in [4.69, 9.17) is 0 Å². The Balaban J connectivity index is 1.99. The van der Waals surface area contributed by atoms with E-state index in [2.05, 4.69) is 65.1 Å². The van der Waals surface area contributed by atoms with Crippen LogP contribution in [0.5, 0.6) is 0 Å². The van der Waals surface area contributed by atoms with E-state index in [0.717, 1.165) is 25.7 Å². The Kier molecular flexibility index (Phi) is 6.72. The zero-order valence-electron chi connectivity index (χ0n) is 13.7. The number of halogens is 1. The SMILES string of the molecule is CCN(Cc1ccc(CNC(C)C)cc1Br)C1CCCC1. The molecule has 1 fully saturated rings. The molecular formula is C18H29BrN2. The molecule has 0 aliphatic heterocycles. The van der Waals surface area contributed by atoms with Crippen LogP contribution >= 0.6 is 15.9 Å². The highest BCUT2D eigenvalue weighted by molar-refractivity contribution is 9.10. The number of rotatable bonds is 7. The molecule has 0 radical (unpaired) electrons. The molecule has 3 heteroatoms. The number of hydrogen-bond acceptors (Lipinski definition) is 2. The van der Waals surface area contributed by atoms with Gasteiger partial charge in [-0.15, -0.1) is 0 Å². The van der Waals surface area contributed by atoms with Crippen LogP contribution in [0.25, 0.3) is 0 Å². The Morgan fingerprint density at radius 1 is 1.29 bits per heavy atom. The number of benzene rings is 1. The summed E-state index contributed by atoms with van der Waals surface area (Å²) in [6.45, 7) is 9.81. The molecule has 0 aromatic heterocycles. The number of hydrogen-bond donors (Lipinski definition) is 1. The van der Waals surface area contributed by atoms with Crippen molar-refractivity contribution in [2.45, 2.75) is 71.6 Å². The first-order valence-corrected chi connectivity index (χ1v) is 9.14. The van der Waals surface area contributed by atoms with E-state index in [1.54, 1.807) is 0 Å². The van der Waals surface area contributed by atoms with Crippen molar-refractivity contribution in [1.82, 2.24) is 10.2 Å². The van der Waals surface area contributed by atoms with Crippen LogP contribution in [0.4, 0.5) is 0 Å². The Morgan fingerprint density at radius 2 is 2.00 bits per heavy atom. The van der Waals surface area contributed by atoms with Gasteiger partial charge in [-0.25, -0.2) is 0 Å². The van der Waals surface area contributed by atoms with Crippen LogP contribution in [-0.4, -0.2) is 23.5 Å². The lowest BCUT2D eigenvalue weighted by Gasteiger charge is -2.28. The lowest BCUT2D eigenvalue weighted by atomic mass is 10.1. The predicted molar refractivity (Wildman–Crippen MR) is 94.5 cm³/mol. The molecule has 0 spiro atoms. The van der Waals surface area contributed by atoms with Crippen molar-refractivity contribution in [1.29, 1.82) is 0 Å². The molecule has 1 aromatic rings. The third-order valence-corrected chi connectivity index (χ3v) is 5.19. The summed E-state index contributed by atoms with van der Waals surface area (Å²) in [4.78, 5) is 2.64. The predicted octanol–water partition coefficient (Wildman–Crippen LogP) is 4.71. The van der Waals surface area contributed by atoms with Gasteiger partial charge in [-0.05, 0) is 36.6 Å². The quantitative estimate of drug-likeness (QED) is 0.764. The van der Waals surface area contributed by atoms with Gasteiger partial charge in [-0.2, -0.15) is 0 Å². The number of nitrogens with one attached hydrogen (secondary N) is 1. The zero-order chi connectivity index (χ0) is 15.2. The van der Waals surface area contributed by atoms with Gasteiger partial charge in [0, 0.05) is 29.6 Å². The van der Waals surface area contributed by atoms with Gasteiger partial charge < -0.3 is 5.32 Å². The fraction of sp³-hybridized carbons (Fsp3) is 0.667. The third-order valence-electron chi connectivity index (χ3n) is 4.45. The average Bonchev–Trinajstić information content (AvgIpc) is 2.98. The summed E-state index contributed by atoms with van der Waals surface area (Å²) in [6.07, 6.45) is 5.56. The van der Waals surface area contributed by atoms with E-state index in [1.807, 2.05) is 0 Å². The topological polar surface area (TPSA) is 15.3 Å². The maximum Gasteiger partial charge on any atom is 0.0247 e. The molecule has 2 nitrogen and oxygen atoms in total. The second-order valence-electron chi connectivity index (χ2n) is 6.46. The standard InChI is InChI=1S/C18H29BrN2/c1-4-21(17-7-5-6-8-17)13-16-10-9-15(11-18(16)19)12-20-14(2)3/h9-11,14,17,20H,4-8,12-13H2,1-3H3. The molecule has 1 aliphatic rings. The first-order valence-electron chi connectivity index (χ1n) is 8.35. The van der Waals surface area contributed by atoms with Crippen LogP contribution in [0.15, 0.2) is 22.7 Å². The van der Waals surface area contributed by atoms with Gasteiger partial charge >= 0.3 is 0 Å². The van der Waals surface area contributed by atoms with Gasteiger partial charge in [0.05, 0.1) is 0 Å². The highest BCUT2D eigenvalue weighted by atomic mass is 79.9. The Hall–Kier alpha value is -0.380. The fourth-order valence-electron chi connectivity index (χ4n) is 3.14. The lowest BCUT2D eigenvalue weighted by molar-refractivity contribution is 0.200. The van der Waals surface area contributed by atoms with Crippen molar-refractivity contribution in [3.8, 4) is 0 Å². The second kappa shape index (κ2) is 8.30. The molecule has 1 N–H and O–H groups in total. The third kappa shape index (κ3) is 5.08. The monoisotopic (exact) mass is 352 g/mol. The van der Waals surface area contributed by atoms with Crippen LogP contribution in [0.3, 0.4) is 0 Å². The van der Waals surface area contributed by atoms with Crippen molar-refractivity contribution in [2.24, 2.45) is 0 Å². The van der Waals surface area contributed by atoms with Crippen molar-refractivity contribution >= 4 is 15.9 Å². The van der Waals surface area contributed by atoms with Crippen molar-refractivity contribution in [3.63, 3.8) is 0 Å². The van der Waals surface area contributed by atoms with E-state index in [0.29, 0.717) is 6.04 Å². The lowest BCUT2D eigenvalue weighted by Crippen LogP contribution is -2.32. The minimum absolute atomic E-state index is 0.529. The fourth-order valence-corrected chi connectivity index (χ4v) is 3.69. The van der Waals surface area contributed by atoms with Crippen molar-refractivity contribution < 1.29 is 0 Å². The summed E-state index contributed by atoms with van der Waals surface area (Å²) in [5.74, 6) is 0. The maximum atomic E-state index is 3.77. The molecule has 0 unspecified atom stereocenters. The Morgan fingerprint density at radius 3 is 2.57 bits per heavy atom. The van der Waals surface area contributed by atoms with Gasteiger partial charge in [0.15, 0.2) is 0 Å². The van der Waals surface area contributed by atoms with Crippen LogP contribution in [0.2, 0.25) is 0 Å². The summed E-state index contributed by atoms with van der Waals surface area (Å²) in [5.41, 5.74) is 2.76. The molecule has 1 aliphatic carbocycles. The molecule has 1 aromatic carbocycles. The van der Waals surface area contributed by atoms with Gasteiger partial charge in [0.25, 0.3) is 0 Å². The molecule has 2 rings (SSSR count). The smallest absolute Gasteiger partial charge is 0.0247 e. The van der Waals surface area contributed by atoms with E-state index in [-0.39, 0.29) is 0 Å². The summed E-state index contributed by atoms with van der Waals surface area (Å²) in [6, 6.07) is 8.15. The molecule has 0 bridgehead atoms. The van der Waals surface area contributed by atoms with Crippen LogP contribution in [-0.2, 0) is 13.1 Å². The Labute approximate surface area is 138 Å². The van der Waals surface area contributed by atoms with Gasteiger partial charge in [0.2, 0.25) is 0 Å². The van der Waals surface area contributed by atoms with Crippen LogP contribution in [0, 0.1) is 0 Å². The van der Waals surface area contributed by atoms with E-state index < -0.39 is 0 Å². The molecular weight excluding hydrogens is 324 g/mol. The zero-order valence-corrected chi connectivity index (χ0v) is 15.2. The van der Waals surface area contributed by atoms with Gasteiger partial charge in [0.1, 0.15) is 0 Å². The normalized spacial score (nSPS) is 16.3. The largest absolute Gasteiger partial charge is 0.310 e.